The summed E-state index contributed by atoms with van der Waals surface area (Å²) in [4.78, 5) is 0. The Balaban J connectivity index is 2.39. The molecule has 0 saturated heterocycles. The van der Waals surface area contributed by atoms with Crippen LogP contribution < -0.4 is 5.32 Å². The molecule has 1 aromatic heterocycles. The van der Waals surface area contributed by atoms with Gasteiger partial charge in [-0.15, -0.1) is 5.10 Å². The van der Waals surface area contributed by atoms with Gasteiger partial charge in [-0.05, 0) is 24.2 Å². The minimum atomic E-state index is -0.236. The zero-order valence-electron chi connectivity index (χ0n) is 9.89. The molecule has 1 unspecified atom stereocenters. The Morgan fingerprint density at radius 3 is 2.88 bits per heavy atom. The van der Waals surface area contributed by atoms with Crippen LogP contribution in [0.15, 0.2) is 30.5 Å². The van der Waals surface area contributed by atoms with Crippen molar-refractivity contribution in [2.75, 3.05) is 6.54 Å². The Labute approximate surface area is 99.5 Å². The standard InChI is InChI=1S/C12H15FN4/c1-3-14-12(11-8-15-16-17(11)2)9-5-4-6-10(13)7-9/h4-8,12,14H,3H2,1-2H3. The highest BCUT2D eigenvalue weighted by atomic mass is 19.1. The van der Waals surface area contributed by atoms with E-state index in [1.165, 1.54) is 12.1 Å². The predicted octanol–water partition coefficient (Wildman–Crippen LogP) is 1.65. The van der Waals surface area contributed by atoms with Crippen molar-refractivity contribution in [1.82, 2.24) is 20.3 Å². The summed E-state index contributed by atoms with van der Waals surface area (Å²) in [6.07, 6.45) is 1.69. The maximum absolute atomic E-state index is 13.2. The lowest BCUT2D eigenvalue weighted by atomic mass is 10.0. The van der Waals surface area contributed by atoms with Crippen LogP contribution >= 0.6 is 0 Å². The van der Waals surface area contributed by atoms with Crippen LogP contribution in [0.3, 0.4) is 0 Å². The van der Waals surface area contributed by atoms with Crippen molar-refractivity contribution in [2.24, 2.45) is 7.05 Å². The second-order valence-corrected chi connectivity index (χ2v) is 3.83. The molecule has 1 aromatic carbocycles. The first-order chi connectivity index (χ1) is 8.22. The van der Waals surface area contributed by atoms with Crippen LogP contribution in [0.25, 0.3) is 0 Å². The van der Waals surface area contributed by atoms with Gasteiger partial charge in [0.2, 0.25) is 0 Å². The number of benzene rings is 1. The Hall–Kier alpha value is -1.75. The SMILES string of the molecule is CCNC(c1cccc(F)c1)c1cnnn1C. The molecule has 2 rings (SSSR count). The molecule has 1 atom stereocenters. The third kappa shape index (κ3) is 2.50. The Bertz CT molecular complexity index is 495. The Morgan fingerprint density at radius 1 is 1.47 bits per heavy atom. The number of aromatic nitrogens is 3. The average molecular weight is 234 g/mol. The number of rotatable bonds is 4. The molecule has 0 aliphatic heterocycles. The molecule has 4 nitrogen and oxygen atoms in total. The highest BCUT2D eigenvalue weighted by molar-refractivity contribution is 5.27. The van der Waals surface area contributed by atoms with Crippen molar-refractivity contribution in [3.05, 3.63) is 47.5 Å². The highest BCUT2D eigenvalue weighted by Crippen LogP contribution is 2.21. The summed E-state index contributed by atoms with van der Waals surface area (Å²) in [5.41, 5.74) is 1.79. The highest BCUT2D eigenvalue weighted by Gasteiger charge is 2.17. The largest absolute Gasteiger partial charge is 0.305 e. The summed E-state index contributed by atoms with van der Waals surface area (Å²) < 4.78 is 14.9. The van der Waals surface area contributed by atoms with Crippen molar-refractivity contribution < 1.29 is 4.39 Å². The first-order valence-electron chi connectivity index (χ1n) is 5.55. The molecule has 0 bridgehead atoms. The van der Waals surface area contributed by atoms with Gasteiger partial charge in [-0.2, -0.15) is 0 Å². The molecule has 90 valence electrons. The van der Waals surface area contributed by atoms with Crippen LogP contribution in [0.5, 0.6) is 0 Å². The second kappa shape index (κ2) is 5.05. The van der Waals surface area contributed by atoms with Crippen molar-refractivity contribution in [3.8, 4) is 0 Å². The number of hydrogen-bond acceptors (Lipinski definition) is 3. The van der Waals surface area contributed by atoms with E-state index < -0.39 is 0 Å². The molecule has 0 amide bonds. The zero-order valence-corrected chi connectivity index (χ0v) is 9.89. The van der Waals surface area contributed by atoms with Gasteiger partial charge in [0, 0.05) is 7.05 Å². The van der Waals surface area contributed by atoms with Crippen molar-refractivity contribution >= 4 is 0 Å². The molecule has 17 heavy (non-hydrogen) atoms. The van der Waals surface area contributed by atoms with Crippen LogP contribution in [-0.4, -0.2) is 21.5 Å². The van der Waals surface area contributed by atoms with E-state index in [1.807, 2.05) is 20.0 Å². The molecule has 5 heteroatoms. The molecule has 1 heterocycles. The van der Waals surface area contributed by atoms with E-state index in [4.69, 9.17) is 0 Å². The second-order valence-electron chi connectivity index (χ2n) is 3.83. The minimum Gasteiger partial charge on any atom is -0.305 e. The van der Waals surface area contributed by atoms with Crippen molar-refractivity contribution in [3.63, 3.8) is 0 Å². The fraction of sp³-hybridized carbons (Fsp3) is 0.333. The van der Waals surface area contributed by atoms with Crippen LogP contribution in [0.4, 0.5) is 4.39 Å². The van der Waals surface area contributed by atoms with Crippen molar-refractivity contribution in [2.45, 2.75) is 13.0 Å². The number of nitrogens with zero attached hydrogens (tertiary/aromatic N) is 3. The quantitative estimate of drug-likeness (QED) is 0.874. The zero-order chi connectivity index (χ0) is 12.3. The lowest BCUT2D eigenvalue weighted by Gasteiger charge is -2.17. The van der Waals surface area contributed by atoms with Gasteiger partial charge in [0.1, 0.15) is 5.82 Å². The van der Waals surface area contributed by atoms with Gasteiger partial charge in [-0.3, -0.25) is 4.68 Å². The summed E-state index contributed by atoms with van der Waals surface area (Å²) in [5.74, 6) is -0.236. The molecular formula is C12H15FN4. The van der Waals surface area contributed by atoms with Gasteiger partial charge >= 0.3 is 0 Å². The Morgan fingerprint density at radius 2 is 2.29 bits per heavy atom. The van der Waals surface area contributed by atoms with Gasteiger partial charge in [-0.25, -0.2) is 4.39 Å². The third-order valence-corrected chi connectivity index (χ3v) is 2.64. The molecule has 0 radical (unpaired) electrons. The van der Waals surface area contributed by atoms with E-state index in [2.05, 4.69) is 15.6 Å². The van der Waals surface area contributed by atoms with E-state index in [1.54, 1.807) is 16.9 Å². The topological polar surface area (TPSA) is 42.7 Å². The lowest BCUT2D eigenvalue weighted by Crippen LogP contribution is -2.24. The summed E-state index contributed by atoms with van der Waals surface area (Å²) in [6.45, 7) is 2.79. The van der Waals surface area contributed by atoms with Crippen LogP contribution in [-0.2, 0) is 7.05 Å². The molecule has 0 aliphatic rings. The molecule has 0 fully saturated rings. The normalized spacial score (nSPS) is 12.6. The van der Waals surface area contributed by atoms with Gasteiger partial charge in [0.25, 0.3) is 0 Å². The van der Waals surface area contributed by atoms with Gasteiger partial charge in [-0.1, -0.05) is 24.3 Å². The molecule has 1 N–H and O–H groups in total. The Kier molecular flexibility index (Phi) is 3.49. The van der Waals surface area contributed by atoms with Crippen LogP contribution in [0, 0.1) is 5.82 Å². The van der Waals surface area contributed by atoms with Gasteiger partial charge < -0.3 is 5.32 Å². The van der Waals surface area contributed by atoms with E-state index in [0.29, 0.717) is 0 Å². The molecule has 0 aliphatic carbocycles. The average Bonchev–Trinajstić information content (AvgIpc) is 2.72. The summed E-state index contributed by atoms with van der Waals surface area (Å²) in [7, 11) is 1.83. The van der Waals surface area contributed by atoms with Crippen LogP contribution in [0.2, 0.25) is 0 Å². The molecular weight excluding hydrogens is 219 g/mol. The molecule has 0 saturated carbocycles. The van der Waals surface area contributed by atoms with E-state index in [9.17, 15) is 4.39 Å². The number of aryl methyl sites for hydroxylation is 1. The predicted molar refractivity (Wildman–Crippen MR) is 62.9 cm³/mol. The maximum atomic E-state index is 13.2. The third-order valence-electron chi connectivity index (χ3n) is 2.64. The maximum Gasteiger partial charge on any atom is 0.123 e. The smallest absolute Gasteiger partial charge is 0.123 e. The van der Waals surface area contributed by atoms with Gasteiger partial charge in [0.05, 0.1) is 17.9 Å². The first-order valence-corrected chi connectivity index (χ1v) is 5.55. The van der Waals surface area contributed by atoms with Gasteiger partial charge in [0.15, 0.2) is 0 Å². The molecule has 2 aromatic rings. The van der Waals surface area contributed by atoms with E-state index >= 15 is 0 Å². The van der Waals surface area contributed by atoms with E-state index in [0.717, 1.165) is 17.8 Å². The summed E-state index contributed by atoms with van der Waals surface area (Å²) in [5, 5.41) is 11.1. The van der Waals surface area contributed by atoms with Crippen LogP contribution in [0.1, 0.15) is 24.2 Å². The van der Waals surface area contributed by atoms with E-state index in [-0.39, 0.29) is 11.9 Å². The lowest BCUT2D eigenvalue weighted by molar-refractivity contribution is 0.561. The minimum absolute atomic E-state index is 0.0873. The number of hydrogen-bond donors (Lipinski definition) is 1. The molecule has 0 spiro atoms. The summed E-state index contributed by atoms with van der Waals surface area (Å²) in [6, 6.07) is 6.48. The monoisotopic (exact) mass is 234 g/mol. The first kappa shape index (κ1) is 11.7. The fourth-order valence-electron chi connectivity index (χ4n) is 1.84. The van der Waals surface area contributed by atoms with Crippen molar-refractivity contribution in [1.29, 1.82) is 0 Å². The fourth-order valence-corrected chi connectivity index (χ4v) is 1.84. The number of halogens is 1. The number of nitrogens with one attached hydrogen (secondary N) is 1. The summed E-state index contributed by atoms with van der Waals surface area (Å²) >= 11 is 0.